The lowest BCUT2D eigenvalue weighted by molar-refractivity contribution is 0.367. The molecule has 0 saturated heterocycles. The maximum Gasteiger partial charge on any atom is 0.163 e. The molecule has 5 N–H and O–H groups in total. The van der Waals surface area contributed by atoms with Crippen molar-refractivity contribution in [3.8, 4) is 11.5 Å². The predicted molar refractivity (Wildman–Crippen MR) is 70.2 cm³/mol. The van der Waals surface area contributed by atoms with Crippen LogP contribution in [0, 0.1) is 0 Å². The molecule has 0 aromatic heterocycles. The van der Waals surface area contributed by atoms with E-state index in [-0.39, 0.29) is 24.2 Å². The summed E-state index contributed by atoms with van der Waals surface area (Å²) in [7, 11) is 1.50. The van der Waals surface area contributed by atoms with Crippen LogP contribution in [0.2, 0.25) is 0 Å². The molecule has 1 rings (SSSR count). The van der Waals surface area contributed by atoms with E-state index in [0.717, 1.165) is 4.47 Å². The van der Waals surface area contributed by atoms with Crippen molar-refractivity contribution in [1.82, 2.24) is 0 Å². The van der Waals surface area contributed by atoms with Crippen LogP contribution in [0.3, 0.4) is 0 Å². The molecule has 1 aromatic rings. The summed E-state index contributed by atoms with van der Waals surface area (Å²) >= 11 is 3.34. The van der Waals surface area contributed by atoms with E-state index in [4.69, 9.17) is 16.2 Å². The van der Waals surface area contributed by atoms with Gasteiger partial charge in [0, 0.05) is 16.1 Å². The Bertz CT molecular complexity index is 350. The number of ether oxygens (including phenoxy) is 1. The molecule has 1 aromatic carbocycles. The van der Waals surface area contributed by atoms with Crippen molar-refractivity contribution in [2.45, 2.75) is 12.5 Å². The van der Waals surface area contributed by atoms with Crippen molar-refractivity contribution < 1.29 is 9.84 Å². The summed E-state index contributed by atoms with van der Waals surface area (Å²) in [5, 5.41) is 9.89. The van der Waals surface area contributed by atoms with Gasteiger partial charge in [0.1, 0.15) is 0 Å². The molecule has 6 heteroatoms. The minimum absolute atomic E-state index is 0. The van der Waals surface area contributed by atoms with Crippen LogP contribution in [0.5, 0.6) is 11.5 Å². The van der Waals surface area contributed by atoms with Gasteiger partial charge in [-0.15, -0.1) is 12.4 Å². The maximum atomic E-state index is 9.89. The number of nitrogens with two attached hydrogens (primary N) is 2. The first-order chi connectivity index (χ1) is 7.11. The van der Waals surface area contributed by atoms with E-state index in [0.29, 0.717) is 24.3 Å². The molecular weight excluding hydrogens is 295 g/mol. The quantitative estimate of drug-likeness (QED) is 0.793. The number of aromatic hydroxyl groups is 1. The fourth-order valence-electron chi connectivity index (χ4n) is 1.40. The zero-order chi connectivity index (χ0) is 11.4. The minimum Gasteiger partial charge on any atom is -0.504 e. The SMILES string of the molecule is COc1ccc(Br)c([C@@H](N)CCN)c1O.Cl. The average Bonchev–Trinajstić information content (AvgIpc) is 2.18. The number of hydrogen-bond acceptors (Lipinski definition) is 4. The number of rotatable bonds is 4. The summed E-state index contributed by atoms with van der Waals surface area (Å²) < 4.78 is 5.78. The van der Waals surface area contributed by atoms with Crippen molar-refractivity contribution in [2.75, 3.05) is 13.7 Å². The van der Waals surface area contributed by atoms with Gasteiger partial charge >= 0.3 is 0 Å². The molecule has 0 aliphatic heterocycles. The van der Waals surface area contributed by atoms with E-state index in [1.165, 1.54) is 7.11 Å². The third-order valence-electron chi connectivity index (χ3n) is 2.20. The van der Waals surface area contributed by atoms with E-state index >= 15 is 0 Å². The summed E-state index contributed by atoms with van der Waals surface area (Å²) in [5.41, 5.74) is 12.0. The number of phenolic OH excluding ortho intramolecular Hbond substituents is 1. The average molecular weight is 312 g/mol. The Morgan fingerprint density at radius 1 is 1.50 bits per heavy atom. The van der Waals surface area contributed by atoms with Gasteiger partial charge in [-0.2, -0.15) is 0 Å². The summed E-state index contributed by atoms with van der Waals surface area (Å²) in [5.74, 6) is 0.494. The smallest absolute Gasteiger partial charge is 0.163 e. The van der Waals surface area contributed by atoms with E-state index in [9.17, 15) is 5.11 Å². The Hall–Kier alpha value is -0.490. The summed E-state index contributed by atoms with van der Waals surface area (Å²) in [6.45, 7) is 0.476. The van der Waals surface area contributed by atoms with Crippen molar-refractivity contribution in [3.05, 3.63) is 22.2 Å². The fourth-order valence-corrected chi connectivity index (χ4v) is 2.02. The summed E-state index contributed by atoms with van der Waals surface area (Å²) in [4.78, 5) is 0. The first-order valence-electron chi connectivity index (χ1n) is 4.62. The van der Waals surface area contributed by atoms with Crippen molar-refractivity contribution in [1.29, 1.82) is 0 Å². The standard InChI is InChI=1S/C10H15BrN2O2.ClH/c1-15-8-3-2-6(11)9(10(8)14)7(13)4-5-12;/h2-3,7,14H,4-5,12-13H2,1H3;1H/t7-;/m0./s1. The summed E-state index contributed by atoms with van der Waals surface area (Å²) in [6, 6.07) is 3.18. The maximum absolute atomic E-state index is 9.89. The lowest BCUT2D eigenvalue weighted by atomic mass is 10.0. The second kappa shape index (κ2) is 6.96. The Morgan fingerprint density at radius 2 is 2.12 bits per heavy atom. The van der Waals surface area contributed by atoms with E-state index < -0.39 is 0 Å². The van der Waals surface area contributed by atoms with Crippen molar-refractivity contribution in [2.24, 2.45) is 11.5 Å². The van der Waals surface area contributed by atoms with Crippen LogP contribution < -0.4 is 16.2 Å². The molecule has 0 saturated carbocycles. The first kappa shape index (κ1) is 15.5. The highest BCUT2D eigenvalue weighted by Crippen LogP contribution is 2.38. The van der Waals surface area contributed by atoms with Crippen LogP contribution in [0.1, 0.15) is 18.0 Å². The molecule has 0 aliphatic carbocycles. The van der Waals surface area contributed by atoms with Crippen LogP contribution in [0.25, 0.3) is 0 Å². The lowest BCUT2D eigenvalue weighted by Crippen LogP contribution is -2.16. The Kier molecular flexibility index (Phi) is 6.74. The molecule has 1 atom stereocenters. The number of methoxy groups -OCH3 is 1. The Labute approximate surface area is 109 Å². The molecule has 92 valence electrons. The summed E-state index contributed by atoms with van der Waals surface area (Å²) in [6.07, 6.45) is 0.610. The minimum atomic E-state index is -0.292. The largest absolute Gasteiger partial charge is 0.504 e. The third kappa shape index (κ3) is 3.25. The number of phenols is 1. The molecule has 0 spiro atoms. The lowest BCUT2D eigenvalue weighted by Gasteiger charge is -2.16. The Balaban J connectivity index is 0.00000225. The number of benzene rings is 1. The topological polar surface area (TPSA) is 81.5 Å². The highest BCUT2D eigenvalue weighted by Gasteiger charge is 2.17. The molecule has 0 heterocycles. The highest BCUT2D eigenvalue weighted by molar-refractivity contribution is 9.10. The van der Waals surface area contributed by atoms with Crippen LogP contribution in [0.15, 0.2) is 16.6 Å². The predicted octanol–water partition coefficient (Wildman–Crippen LogP) is 1.93. The van der Waals surface area contributed by atoms with Gasteiger partial charge in [-0.1, -0.05) is 15.9 Å². The van der Waals surface area contributed by atoms with E-state index in [1.54, 1.807) is 12.1 Å². The molecular formula is C10H16BrClN2O2. The van der Waals surface area contributed by atoms with Gasteiger partial charge in [0.15, 0.2) is 11.5 Å². The van der Waals surface area contributed by atoms with E-state index in [2.05, 4.69) is 15.9 Å². The molecule has 4 nitrogen and oxygen atoms in total. The van der Waals surface area contributed by atoms with E-state index in [1.807, 2.05) is 0 Å². The third-order valence-corrected chi connectivity index (χ3v) is 2.89. The van der Waals surface area contributed by atoms with Crippen LogP contribution in [-0.4, -0.2) is 18.8 Å². The molecule has 16 heavy (non-hydrogen) atoms. The van der Waals surface area contributed by atoms with Crippen LogP contribution >= 0.6 is 28.3 Å². The van der Waals surface area contributed by atoms with Gasteiger partial charge in [0.2, 0.25) is 0 Å². The normalized spacial score (nSPS) is 11.8. The fraction of sp³-hybridized carbons (Fsp3) is 0.400. The first-order valence-corrected chi connectivity index (χ1v) is 5.42. The second-order valence-corrected chi connectivity index (χ2v) is 4.05. The monoisotopic (exact) mass is 310 g/mol. The number of hydrogen-bond donors (Lipinski definition) is 3. The van der Waals surface area contributed by atoms with Gasteiger partial charge in [-0.3, -0.25) is 0 Å². The molecule has 0 fully saturated rings. The van der Waals surface area contributed by atoms with Crippen LogP contribution in [-0.2, 0) is 0 Å². The molecule has 0 amide bonds. The van der Waals surface area contributed by atoms with Crippen molar-refractivity contribution in [3.63, 3.8) is 0 Å². The molecule has 0 aliphatic rings. The molecule has 0 radical (unpaired) electrons. The molecule has 0 unspecified atom stereocenters. The van der Waals surface area contributed by atoms with Gasteiger partial charge in [0.05, 0.1) is 7.11 Å². The van der Waals surface area contributed by atoms with Gasteiger partial charge in [0.25, 0.3) is 0 Å². The zero-order valence-corrected chi connectivity index (χ0v) is 11.3. The highest BCUT2D eigenvalue weighted by atomic mass is 79.9. The van der Waals surface area contributed by atoms with Gasteiger partial charge in [-0.25, -0.2) is 0 Å². The van der Waals surface area contributed by atoms with Crippen molar-refractivity contribution >= 4 is 28.3 Å². The Morgan fingerprint density at radius 3 is 2.62 bits per heavy atom. The van der Waals surface area contributed by atoms with Gasteiger partial charge < -0.3 is 21.3 Å². The van der Waals surface area contributed by atoms with Gasteiger partial charge in [-0.05, 0) is 25.1 Å². The van der Waals surface area contributed by atoms with Crippen LogP contribution in [0.4, 0.5) is 0 Å². The zero-order valence-electron chi connectivity index (χ0n) is 8.94. The second-order valence-electron chi connectivity index (χ2n) is 3.20. The molecule has 0 bridgehead atoms. The number of halogens is 2.